The molecule has 222 valence electrons. The summed E-state index contributed by atoms with van der Waals surface area (Å²) < 4.78 is 0. The van der Waals surface area contributed by atoms with Gasteiger partial charge in [0.1, 0.15) is 0 Å². The molecular formula is C35H37N3O4S. The predicted molar refractivity (Wildman–Crippen MR) is 170 cm³/mol. The fourth-order valence-electron chi connectivity index (χ4n) is 5.02. The number of pyridine rings is 3. The topological polar surface area (TPSA) is 113 Å². The van der Waals surface area contributed by atoms with Gasteiger partial charge in [-0.1, -0.05) is 77.1 Å². The van der Waals surface area contributed by atoms with Crippen LogP contribution >= 0.6 is 11.3 Å². The number of hydrogen-bond donors (Lipinski definition) is 2. The molecule has 0 aliphatic rings. The Balaban J connectivity index is 1.59. The van der Waals surface area contributed by atoms with E-state index in [1.54, 1.807) is 23.6 Å². The third kappa shape index (κ3) is 9.07. The van der Waals surface area contributed by atoms with Crippen LogP contribution in [0.3, 0.4) is 0 Å². The minimum absolute atomic E-state index is 0.00337. The zero-order valence-corrected chi connectivity index (χ0v) is 25.5. The fraction of sp³-hybridized carbons (Fsp3) is 0.343. The maximum absolute atomic E-state index is 11.9. The predicted octanol–water partition coefficient (Wildman–Crippen LogP) is 8.38. The maximum Gasteiger partial charge on any atom is 0.335 e. The molecule has 0 fully saturated rings. The van der Waals surface area contributed by atoms with Crippen LogP contribution in [0.15, 0.2) is 60.2 Å². The SMILES string of the molecule is CCCCCCC(CCCC)Cc1ccsc1C#Cc1ccnc(-c2cc(C(=O)O)cc(-c3cc(C(=O)O)ccn3)n2)c1. The highest BCUT2D eigenvalue weighted by Gasteiger charge is 2.15. The van der Waals surface area contributed by atoms with Crippen molar-refractivity contribution in [2.24, 2.45) is 5.92 Å². The highest BCUT2D eigenvalue weighted by molar-refractivity contribution is 7.10. The van der Waals surface area contributed by atoms with Crippen molar-refractivity contribution < 1.29 is 19.8 Å². The lowest BCUT2D eigenvalue weighted by Crippen LogP contribution is -2.05. The highest BCUT2D eigenvalue weighted by Crippen LogP contribution is 2.27. The number of nitrogens with zero attached hydrogens (tertiary/aromatic N) is 3. The summed E-state index contributed by atoms with van der Waals surface area (Å²) in [5.74, 6) is 5.08. The molecule has 0 radical (unpaired) electrons. The van der Waals surface area contributed by atoms with Crippen LogP contribution in [-0.2, 0) is 6.42 Å². The van der Waals surface area contributed by atoms with E-state index in [1.165, 1.54) is 87.4 Å². The van der Waals surface area contributed by atoms with E-state index in [4.69, 9.17) is 0 Å². The molecule has 0 amide bonds. The molecular weight excluding hydrogens is 558 g/mol. The second kappa shape index (κ2) is 15.8. The first-order chi connectivity index (χ1) is 20.9. The fourth-order valence-corrected chi connectivity index (χ4v) is 5.80. The summed E-state index contributed by atoms with van der Waals surface area (Å²) in [6, 6.07) is 11.4. The van der Waals surface area contributed by atoms with Crippen molar-refractivity contribution in [1.29, 1.82) is 0 Å². The van der Waals surface area contributed by atoms with Crippen molar-refractivity contribution in [3.05, 3.63) is 87.4 Å². The van der Waals surface area contributed by atoms with E-state index in [0.717, 1.165) is 16.9 Å². The summed E-state index contributed by atoms with van der Waals surface area (Å²) in [7, 11) is 0. The molecule has 0 saturated carbocycles. The monoisotopic (exact) mass is 595 g/mol. The minimum atomic E-state index is -1.14. The smallest absolute Gasteiger partial charge is 0.335 e. The van der Waals surface area contributed by atoms with Gasteiger partial charge in [-0.05, 0) is 65.7 Å². The van der Waals surface area contributed by atoms with Gasteiger partial charge in [0, 0.05) is 18.0 Å². The number of carboxylic acids is 2. The zero-order valence-electron chi connectivity index (χ0n) is 24.7. The molecule has 4 heterocycles. The van der Waals surface area contributed by atoms with Gasteiger partial charge in [0.25, 0.3) is 0 Å². The molecule has 0 spiro atoms. The Kier molecular flexibility index (Phi) is 11.6. The van der Waals surface area contributed by atoms with Gasteiger partial charge < -0.3 is 10.2 Å². The normalized spacial score (nSPS) is 11.5. The summed E-state index contributed by atoms with van der Waals surface area (Å²) in [5.41, 5.74) is 3.37. The molecule has 7 nitrogen and oxygen atoms in total. The van der Waals surface area contributed by atoms with Crippen molar-refractivity contribution in [2.75, 3.05) is 0 Å². The molecule has 43 heavy (non-hydrogen) atoms. The number of aromatic nitrogens is 3. The Morgan fingerprint density at radius 1 is 0.767 bits per heavy atom. The van der Waals surface area contributed by atoms with Gasteiger partial charge in [-0.2, -0.15) is 0 Å². The number of aromatic carboxylic acids is 2. The molecule has 0 aromatic carbocycles. The van der Waals surface area contributed by atoms with E-state index in [0.29, 0.717) is 17.3 Å². The molecule has 0 aliphatic heterocycles. The number of thiophene rings is 1. The Bertz CT molecular complexity index is 1620. The van der Waals surface area contributed by atoms with Gasteiger partial charge >= 0.3 is 11.9 Å². The van der Waals surface area contributed by atoms with E-state index in [-0.39, 0.29) is 22.5 Å². The first-order valence-corrected chi connectivity index (χ1v) is 15.8. The summed E-state index contributed by atoms with van der Waals surface area (Å²) in [5, 5.41) is 21.2. The van der Waals surface area contributed by atoms with E-state index < -0.39 is 11.9 Å². The Labute approximate surface area is 257 Å². The number of hydrogen-bond acceptors (Lipinski definition) is 6. The summed E-state index contributed by atoms with van der Waals surface area (Å²) >= 11 is 1.66. The van der Waals surface area contributed by atoms with E-state index >= 15 is 0 Å². The molecule has 8 heteroatoms. The van der Waals surface area contributed by atoms with Crippen molar-refractivity contribution in [1.82, 2.24) is 15.0 Å². The van der Waals surface area contributed by atoms with E-state index in [9.17, 15) is 19.8 Å². The maximum atomic E-state index is 11.9. The Morgan fingerprint density at radius 2 is 1.42 bits per heavy atom. The number of carbonyl (C=O) groups is 2. The molecule has 1 unspecified atom stereocenters. The van der Waals surface area contributed by atoms with Crippen molar-refractivity contribution in [3.63, 3.8) is 0 Å². The molecule has 0 saturated heterocycles. The molecule has 4 rings (SSSR count). The first kappa shape index (κ1) is 31.6. The number of rotatable bonds is 14. The van der Waals surface area contributed by atoms with E-state index in [1.807, 2.05) is 6.07 Å². The summed E-state index contributed by atoms with van der Waals surface area (Å²) in [4.78, 5) is 37.7. The lowest BCUT2D eigenvalue weighted by atomic mass is 9.89. The molecule has 2 N–H and O–H groups in total. The van der Waals surface area contributed by atoms with E-state index in [2.05, 4.69) is 52.1 Å². The Morgan fingerprint density at radius 3 is 2.12 bits per heavy atom. The second-order valence-corrected chi connectivity index (χ2v) is 11.6. The van der Waals surface area contributed by atoms with Gasteiger partial charge in [-0.15, -0.1) is 11.3 Å². The molecule has 0 aliphatic carbocycles. The second-order valence-electron chi connectivity index (χ2n) is 10.7. The van der Waals surface area contributed by atoms with Crippen LogP contribution in [0, 0.1) is 17.8 Å². The molecule has 1 atom stereocenters. The van der Waals surface area contributed by atoms with Crippen LogP contribution in [0.5, 0.6) is 0 Å². The minimum Gasteiger partial charge on any atom is -0.478 e. The average Bonchev–Trinajstić information content (AvgIpc) is 3.47. The number of carboxylic acid groups (broad SMARTS) is 2. The van der Waals surface area contributed by atoms with Crippen LogP contribution in [0.25, 0.3) is 22.8 Å². The lowest BCUT2D eigenvalue weighted by Gasteiger charge is -2.16. The number of unbranched alkanes of at least 4 members (excludes halogenated alkanes) is 4. The van der Waals surface area contributed by atoms with Gasteiger partial charge in [-0.25, -0.2) is 14.6 Å². The average molecular weight is 596 g/mol. The van der Waals surface area contributed by atoms with Gasteiger partial charge in [-0.3, -0.25) is 9.97 Å². The van der Waals surface area contributed by atoms with Gasteiger partial charge in [0.2, 0.25) is 0 Å². The van der Waals surface area contributed by atoms with Gasteiger partial charge in [0.05, 0.1) is 38.8 Å². The lowest BCUT2D eigenvalue weighted by molar-refractivity contribution is 0.0686. The van der Waals surface area contributed by atoms with Crippen LogP contribution in [0.4, 0.5) is 0 Å². The quantitative estimate of drug-likeness (QED) is 0.111. The molecule has 4 aromatic rings. The van der Waals surface area contributed by atoms with Crippen molar-refractivity contribution in [3.8, 4) is 34.6 Å². The Hall–Kier alpha value is -4.35. The van der Waals surface area contributed by atoms with Gasteiger partial charge in [0.15, 0.2) is 0 Å². The third-order valence-electron chi connectivity index (χ3n) is 7.37. The van der Waals surface area contributed by atoms with Crippen molar-refractivity contribution in [2.45, 2.75) is 71.6 Å². The largest absolute Gasteiger partial charge is 0.478 e. The first-order valence-electron chi connectivity index (χ1n) is 14.9. The van der Waals surface area contributed by atoms with Crippen LogP contribution in [0.2, 0.25) is 0 Å². The summed E-state index contributed by atoms with van der Waals surface area (Å²) in [6.45, 7) is 4.50. The standard InChI is InChI=1S/C35H37N3O4S/c1-3-5-7-8-10-24(9-6-4-2)19-26-15-18-43-33(26)12-11-25-13-16-36-29(20-25)31-22-28(35(41)42)23-32(38-31)30-21-27(34(39)40)14-17-37-30/h13-18,20-24H,3-10,19H2,1-2H3,(H,39,40)(H,41,42). The third-order valence-corrected chi connectivity index (χ3v) is 8.24. The van der Waals surface area contributed by atoms with Crippen LogP contribution < -0.4 is 0 Å². The summed E-state index contributed by atoms with van der Waals surface area (Å²) in [6.07, 6.45) is 14.2. The van der Waals surface area contributed by atoms with Crippen molar-refractivity contribution >= 4 is 23.3 Å². The molecule has 0 bridgehead atoms. The van der Waals surface area contributed by atoms with Crippen LogP contribution in [-0.4, -0.2) is 37.1 Å². The highest BCUT2D eigenvalue weighted by atomic mass is 32.1. The van der Waals surface area contributed by atoms with Crippen LogP contribution in [0.1, 0.15) is 102 Å². The zero-order chi connectivity index (χ0) is 30.6. The molecule has 4 aromatic heterocycles.